The van der Waals surface area contributed by atoms with Gasteiger partial charge in [-0.1, -0.05) is 333 Å². The molecule has 1 fully saturated rings. The minimum atomic E-state index is 0.0700. The maximum atomic E-state index is 17.2. The molecular formula is C73H56OS8. The second-order valence-electron chi connectivity index (χ2n) is 21.4. The van der Waals surface area contributed by atoms with Crippen LogP contribution in [0.2, 0.25) is 0 Å². The molecule has 1 nitrogen and oxygen atoms in total. The fourth-order valence-electron chi connectivity index (χ4n) is 10.2. The van der Waals surface area contributed by atoms with Crippen LogP contribution < -0.4 is 0 Å². The van der Waals surface area contributed by atoms with Crippen molar-refractivity contribution in [3.8, 4) is 0 Å². The van der Waals surface area contributed by atoms with Crippen LogP contribution in [0.3, 0.4) is 0 Å². The lowest BCUT2D eigenvalue weighted by atomic mass is 10.1. The fourth-order valence-corrected chi connectivity index (χ4v) is 21.4. The van der Waals surface area contributed by atoms with E-state index in [2.05, 4.69) is 250 Å². The third kappa shape index (κ3) is 11.0. The van der Waals surface area contributed by atoms with Crippen LogP contribution in [0, 0.1) is 55.4 Å². The van der Waals surface area contributed by atoms with Gasteiger partial charge < -0.3 is 0 Å². The Morgan fingerprint density at radius 3 is 0.439 bits per heavy atom. The van der Waals surface area contributed by atoms with Crippen LogP contribution >= 0.6 is 94.1 Å². The predicted molar refractivity (Wildman–Crippen MR) is 371 cm³/mol. The van der Waals surface area contributed by atoms with Crippen LogP contribution in [-0.4, -0.2) is 5.78 Å². The summed E-state index contributed by atoms with van der Waals surface area (Å²) in [7, 11) is 0. The fraction of sp³-hybridized carbons (Fsp3) is 0.110. The van der Waals surface area contributed by atoms with Crippen molar-refractivity contribution in [2.45, 2.75) is 55.4 Å². The number of hydrogen-bond donors (Lipinski definition) is 0. The van der Waals surface area contributed by atoms with E-state index >= 15 is 4.79 Å². The molecule has 9 heteroatoms. The first kappa shape index (κ1) is 55.3. The smallest absolute Gasteiger partial charge is 0.197 e. The lowest BCUT2D eigenvalue weighted by Gasteiger charge is -2.13. The van der Waals surface area contributed by atoms with Gasteiger partial charge in [-0.3, -0.25) is 4.79 Å². The van der Waals surface area contributed by atoms with Gasteiger partial charge in [0.2, 0.25) is 0 Å². The quantitative estimate of drug-likeness (QED) is 0.137. The highest BCUT2D eigenvalue weighted by molar-refractivity contribution is 8.36. The van der Waals surface area contributed by atoms with Crippen molar-refractivity contribution in [3.63, 3.8) is 0 Å². The van der Waals surface area contributed by atoms with Crippen molar-refractivity contribution in [1.82, 2.24) is 0 Å². The molecule has 4 aliphatic heterocycles. The summed E-state index contributed by atoms with van der Waals surface area (Å²) in [5.41, 5.74) is 22.6. The standard InChI is InChI=1S/C73H56OS8/c1-41-9-25-49(26-10-41)62-63(50-27-11-42(2)12-28-50)76-70(75-62)57-58(71-77-64(51-29-13-43(3)14-30-51)65(78-71)52-31-15-44(4)16-32-52)60(73-81-68(55-37-21-47(7)22-38-55)69(82-73)56-39-23-48(8)24-40-56)61(74)59(57)72-79-66(53-33-17-45(5)18-34-53)67(80-72)54-35-19-46(6)20-36-54/h9-40H,1-8H3. The predicted octanol–water partition coefficient (Wildman–Crippen LogP) is 22.9. The minimum Gasteiger partial charge on any atom is -0.288 e. The van der Waals surface area contributed by atoms with E-state index in [4.69, 9.17) is 0 Å². The molecular weight excluding hydrogens is 1150 g/mol. The van der Waals surface area contributed by atoms with Gasteiger partial charge in [0, 0.05) is 50.4 Å². The van der Waals surface area contributed by atoms with Crippen molar-refractivity contribution in [1.29, 1.82) is 0 Å². The molecule has 0 unspecified atom stereocenters. The topological polar surface area (TPSA) is 17.1 Å². The highest BCUT2D eigenvalue weighted by Crippen LogP contribution is 2.70. The summed E-state index contributed by atoms with van der Waals surface area (Å²) in [5, 5.41) is 0. The number of rotatable bonds is 8. The molecule has 0 amide bonds. The number of benzene rings is 8. The van der Waals surface area contributed by atoms with Crippen LogP contribution in [0.1, 0.15) is 89.0 Å². The molecule has 402 valence electrons. The van der Waals surface area contributed by atoms with Gasteiger partial charge >= 0.3 is 0 Å². The van der Waals surface area contributed by atoms with Crippen molar-refractivity contribution >= 4 is 139 Å². The molecule has 5 aliphatic rings. The number of thioether (sulfide) groups is 8. The Morgan fingerprint density at radius 1 is 0.183 bits per heavy atom. The monoisotopic (exact) mass is 1200 g/mol. The Balaban J connectivity index is 1.10. The Kier molecular flexibility index (Phi) is 15.7. The highest BCUT2D eigenvalue weighted by atomic mass is 32.2. The van der Waals surface area contributed by atoms with E-state index < -0.39 is 0 Å². The van der Waals surface area contributed by atoms with Crippen molar-refractivity contribution < 1.29 is 4.79 Å². The van der Waals surface area contributed by atoms with Crippen molar-refractivity contribution in [2.75, 3.05) is 0 Å². The van der Waals surface area contributed by atoms with Gasteiger partial charge in [-0.15, -0.1) is 0 Å². The van der Waals surface area contributed by atoms with Crippen LogP contribution in [0.4, 0.5) is 0 Å². The summed E-state index contributed by atoms with van der Waals surface area (Å²) in [4.78, 5) is 26.6. The number of carbonyl (C=O) groups is 1. The van der Waals surface area contributed by atoms with Gasteiger partial charge in [0.25, 0.3) is 0 Å². The Bertz CT molecular complexity index is 3670. The molecule has 0 bridgehead atoms. The molecule has 4 heterocycles. The van der Waals surface area contributed by atoms with E-state index in [-0.39, 0.29) is 5.78 Å². The third-order valence-corrected chi connectivity index (χ3v) is 25.7. The molecule has 82 heavy (non-hydrogen) atoms. The number of aryl methyl sites for hydroxylation is 8. The largest absolute Gasteiger partial charge is 0.288 e. The summed E-state index contributed by atoms with van der Waals surface area (Å²) in [6.45, 7) is 17.2. The highest BCUT2D eigenvalue weighted by Gasteiger charge is 2.47. The van der Waals surface area contributed by atoms with Gasteiger partial charge in [0.15, 0.2) is 5.78 Å². The summed E-state index contributed by atoms with van der Waals surface area (Å²) in [6, 6.07) is 71.6. The minimum absolute atomic E-state index is 0.0700. The van der Waals surface area contributed by atoms with E-state index in [9.17, 15) is 0 Å². The van der Waals surface area contributed by atoms with Gasteiger partial charge in [0.1, 0.15) is 0 Å². The third-order valence-electron chi connectivity index (χ3n) is 14.9. The number of hydrogen-bond acceptors (Lipinski definition) is 9. The molecule has 0 spiro atoms. The van der Waals surface area contributed by atoms with Crippen LogP contribution in [0.25, 0.3) is 39.2 Å². The molecule has 13 rings (SSSR count). The molecule has 1 aliphatic carbocycles. The number of allylic oxidation sites excluding steroid dienone is 4. The molecule has 8 aromatic rings. The average molecular weight is 1210 g/mol. The summed E-state index contributed by atoms with van der Waals surface area (Å²) < 4.78 is 4.24. The first-order chi connectivity index (χ1) is 39.8. The van der Waals surface area contributed by atoms with Gasteiger partial charge in [-0.2, -0.15) is 0 Å². The second-order valence-corrected chi connectivity index (χ2v) is 30.6. The SMILES string of the molecule is Cc1ccc(C2=C(c3ccc(C)cc3)SC(=C3C(=O)C(=C4SC(c5ccc(C)cc5)=C(c5ccc(C)cc5)S4)C(=C4SC(c5ccc(C)cc5)=C(c5ccc(C)cc5)S4)C3=C3SC(c4ccc(C)cc4)=C(c4ccc(C)cc4)S3)S2)cc1. The van der Waals surface area contributed by atoms with Gasteiger partial charge in [-0.25, -0.2) is 0 Å². The van der Waals surface area contributed by atoms with E-state index in [1.165, 1.54) is 106 Å². The average Bonchev–Trinajstić information content (AvgIpc) is 3.94. The zero-order chi connectivity index (χ0) is 56.3. The van der Waals surface area contributed by atoms with E-state index in [1.54, 1.807) is 47.0 Å². The second kappa shape index (κ2) is 23.3. The Labute approximate surface area is 517 Å². The molecule has 0 radical (unpaired) electrons. The summed E-state index contributed by atoms with van der Waals surface area (Å²) in [6.07, 6.45) is 0. The molecule has 1 saturated carbocycles. The maximum absolute atomic E-state index is 17.2. The molecule has 0 N–H and O–H groups in total. The van der Waals surface area contributed by atoms with Crippen LogP contribution in [0.15, 0.2) is 233 Å². The van der Waals surface area contributed by atoms with E-state index in [1.807, 2.05) is 47.0 Å². The number of ketones is 1. The first-order valence-electron chi connectivity index (χ1n) is 27.3. The normalized spacial score (nSPS) is 16.8. The van der Waals surface area contributed by atoms with Gasteiger partial charge in [0.05, 0.1) is 28.1 Å². The number of Topliss-reactive ketones (excluding diaryl/α,β-unsaturated/α-hetero) is 1. The zero-order valence-electron chi connectivity index (χ0n) is 46.6. The molecule has 0 aromatic heterocycles. The van der Waals surface area contributed by atoms with E-state index in [0.29, 0.717) is 0 Å². The Morgan fingerprint density at radius 2 is 0.305 bits per heavy atom. The Hall–Kier alpha value is -5.85. The van der Waals surface area contributed by atoms with Crippen LogP contribution in [-0.2, 0) is 4.79 Å². The maximum Gasteiger partial charge on any atom is 0.197 e. The molecule has 8 aromatic carbocycles. The molecule has 0 atom stereocenters. The molecule has 0 saturated heterocycles. The van der Waals surface area contributed by atoms with Crippen LogP contribution in [0.5, 0.6) is 0 Å². The number of carbonyl (C=O) groups excluding carboxylic acids is 1. The lowest BCUT2D eigenvalue weighted by molar-refractivity contribution is -0.111. The van der Waals surface area contributed by atoms with E-state index in [0.717, 1.165) is 61.5 Å². The first-order valence-corrected chi connectivity index (χ1v) is 33.8. The summed E-state index contributed by atoms with van der Waals surface area (Å²) >= 11 is 14.4. The summed E-state index contributed by atoms with van der Waals surface area (Å²) in [5.74, 6) is 0.0700. The van der Waals surface area contributed by atoms with Gasteiger partial charge in [-0.05, 0) is 99.9 Å². The lowest BCUT2D eigenvalue weighted by Crippen LogP contribution is -1.99. The van der Waals surface area contributed by atoms with Crippen molar-refractivity contribution in [3.05, 3.63) is 322 Å². The zero-order valence-corrected chi connectivity index (χ0v) is 53.2. The van der Waals surface area contributed by atoms with Crippen molar-refractivity contribution in [2.24, 2.45) is 0 Å².